The molecule has 0 spiro atoms. The summed E-state index contributed by atoms with van der Waals surface area (Å²) in [4.78, 5) is 13.0. The van der Waals surface area contributed by atoms with Gasteiger partial charge in [-0.2, -0.15) is 0 Å². The number of aliphatic hydroxyl groups excluding tert-OH is 1. The summed E-state index contributed by atoms with van der Waals surface area (Å²) in [6.45, 7) is 0.0448. The maximum atomic E-state index is 13.2. The van der Waals surface area contributed by atoms with E-state index >= 15 is 0 Å². The lowest BCUT2D eigenvalue weighted by Crippen LogP contribution is -2.23. The van der Waals surface area contributed by atoms with Gasteiger partial charge in [0.1, 0.15) is 11.6 Å². The summed E-state index contributed by atoms with van der Waals surface area (Å²) in [6.07, 6.45) is -0.953. The number of aliphatic hydroxyl groups is 1. The van der Waals surface area contributed by atoms with Gasteiger partial charge in [-0.3, -0.25) is 4.79 Å². The molecule has 0 saturated heterocycles. The number of methoxy groups -OCH3 is 1. The molecular formula is C24H20FNO3. The van der Waals surface area contributed by atoms with Crippen LogP contribution in [0.1, 0.15) is 11.7 Å². The first-order chi connectivity index (χ1) is 14.1. The number of rotatable bonds is 5. The maximum absolute atomic E-state index is 13.2. The molecule has 0 amide bonds. The summed E-state index contributed by atoms with van der Waals surface area (Å²) >= 11 is 0. The highest BCUT2D eigenvalue weighted by Gasteiger charge is 2.15. The van der Waals surface area contributed by atoms with E-state index in [0.717, 1.165) is 16.5 Å². The van der Waals surface area contributed by atoms with Crippen LogP contribution in [0.4, 0.5) is 4.39 Å². The second-order valence-corrected chi connectivity index (χ2v) is 6.82. The van der Waals surface area contributed by atoms with Gasteiger partial charge in [0.2, 0.25) is 0 Å². The van der Waals surface area contributed by atoms with E-state index in [0.29, 0.717) is 16.8 Å². The third-order valence-corrected chi connectivity index (χ3v) is 5.01. The topological polar surface area (TPSA) is 51.5 Å². The molecular weight excluding hydrogens is 369 g/mol. The van der Waals surface area contributed by atoms with Crippen LogP contribution < -0.4 is 10.3 Å². The van der Waals surface area contributed by atoms with Gasteiger partial charge < -0.3 is 14.4 Å². The Kier molecular flexibility index (Phi) is 5.14. The van der Waals surface area contributed by atoms with Gasteiger partial charge in [0.15, 0.2) is 0 Å². The quantitative estimate of drug-likeness (QED) is 0.545. The van der Waals surface area contributed by atoms with Gasteiger partial charge in [0.05, 0.1) is 25.3 Å². The zero-order valence-corrected chi connectivity index (χ0v) is 15.9. The molecule has 29 heavy (non-hydrogen) atoms. The summed E-state index contributed by atoms with van der Waals surface area (Å²) in [6, 6.07) is 22.4. The van der Waals surface area contributed by atoms with Crippen molar-refractivity contribution in [2.75, 3.05) is 7.11 Å². The number of nitrogens with zero attached hydrogens (tertiary/aromatic N) is 1. The Hall–Kier alpha value is -3.44. The van der Waals surface area contributed by atoms with Crippen molar-refractivity contribution >= 4 is 10.9 Å². The molecule has 0 bridgehead atoms. The third kappa shape index (κ3) is 3.77. The molecule has 1 atom stereocenters. The second kappa shape index (κ2) is 7.89. The van der Waals surface area contributed by atoms with Gasteiger partial charge in [-0.15, -0.1) is 0 Å². The summed E-state index contributed by atoms with van der Waals surface area (Å²) in [5.41, 5.74) is 2.73. The van der Waals surface area contributed by atoms with Gasteiger partial charge in [-0.25, -0.2) is 4.39 Å². The first-order valence-corrected chi connectivity index (χ1v) is 9.27. The Morgan fingerprint density at radius 3 is 2.41 bits per heavy atom. The second-order valence-electron chi connectivity index (χ2n) is 6.82. The molecule has 4 nitrogen and oxygen atoms in total. The highest BCUT2D eigenvalue weighted by atomic mass is 19.1. The van der Waals surface area contributed by atoms with Crippen LogP contribution >= 0.6 is 0 Å². The van der Waals surface area contributed by atoms with Crippen LogP contribution in [0.25, 0.3) is 22.0 Å². The average molecular weight is 389 g/mol. The van der Waals surface area contributed by atoms with Gasteiger partial charge in [0, 0.05) is 17.5 Å². The third-order valence-electron chi connectivity index (χ3n) is 5.01. The highest BCUT2D eigenvalue weighted by molar-refractivity contribution is 5.95. The molecule has 4 rings (SSSR count). The van der Waals surface area contributed by atoms with Crippen molar-refractivity contribution in [2.24, 2.45) is 0 Å². The van der Waals surface area contributed by atoms with E-state index in [-0.39, 0.29) is 17.9 Å². The van der Waals surface area contributed by atoms with E-state index in [9.17, 15) is 14.3 Å². The molecule has 0 fully saturated rings. The van der Waals surface area contributed by atoms with Crippen LogP contribution in [-0.4, -0.2) is 16.8 Å². The van der Waals surface area contributed by atoms with Crippen molar-refractivity contribution in [2.45, 2.75) is 12.6 Å². The lowest BCUT2D eigenvalue weighted by molar-refractivity contribution is 0.156. The molecule has 0 aliphatic heterocycles. The predicted octanol–water partition coefficient (Wildman–Crippen LogP) is 4.55. The number of aromatic nitrogens is 1. The minimum absolute atomic E-state index is 0.0448. The van der Waals surface area contributed by atoms with Gasteiger partial charge >= 0.3 is 0 Å². The molecule has 1 heterocycles. The first-order valence-electron chi connectivity index (χ1n) is 9.27. The zero-order valence-electron chi connectivity index (χ0n) is 15.9. The number of pyridine rings is 1. The number of hydrogen-bond donors (Lipinski definition) is 1. The fraction of sp³-hybridized carbons (Fsp3) is 0.125. The Morgan fingerprint density at radius 2 is 1.72 bits per heavy atom. The minimum atomic E-state index is -0.953. The van der Waals surface area contributed by atoms with Gasteiger partial charge in [0.25, 0.3) is 5.56 Å². The zero-order chi connectivity index (χ0) is 20.4. The van der Waals surface area contributed by atoms with Crippen molar-refractivity contribution in [3.05, 3.63) is 101 Å². The van der Waals surface area contributed by atoms with Crippen molar-refractivity contribution < 1.29 is 14.2 Å². The molecule has 0 radical (unpaired) electrons. The lowest BCUT2D eigenvalue weighted by atomic mass is 10.0. The Labute approximate surface area is 167 Å². The Bertz CT molecular complexity index is 1200. The smallest absolute Gasteiger partial charge is 0.251 e. The summed E-state index contributed by atoms with van der Waals surface area (Å²) in [7, 11) is 1.57. The summed E-state index contributed by atoms with van der Waals surface area (Å²) < 4.78 is 20.1. The number of hydrogen-bond acceptors (Lipinski definition) is 3. The molecule has 1 N–H and O–H groups in total. The van der Waals surface area contributed by atoms with E-state index in [4.69, 9.17) is 4.74 Å². The van der Waals surface area contributed by atoms with Crippen LogP contribution in [0.15, 0.2) is 83.7 Å². The van der Waals surface area contributed by atoms with Crippen LogP contribution in [0, 0.1) is 5.82 Å². The largest absolute Gasteiger partial charge is 0.497 e. The van der Waals surface area contributed by atoms with Crippen molar-refractivity contribution in [1.82, 2.24) is 4.57 Å². The molecule has 146 valence electrons. The van der Waals surface area contributed by atoms with Crippen LogP contribution in [0.3, 0.4) is 0 Å². The molecule has 4 aromatic rings. The SMILES string of the molecule is COc1ccc2c(-c3ccccc3)cc(=O)n(C[C@H](O)c3ccc(F)cc3)c2c1. The molecule has 0 saturated carbocycles. The fourth-order valence-corrected chi connectivity index (χ4v) is 3.50. The number of fused-ring (bicyclic) bond motifs is 1. The van der Waals surface area contributed by atoms with E-state index in [2.05, 4.69) is 0 Å². The lowest BCUT2D eigenvalue weighted by Gasteiger charge is -2.18. The van der Waals surface area contributed by atoms with Crippen molar-refractivity contribution in [3.8, 4) is 16.9 Å². The number of halogens is 1. The fourth-order valence-electron chi connectivity index (χ4n) is 3.50. The number of benzene rings is 3. The standard InChI is InChI=1S/C24H20FNO3/c1-29-19-11-12-20-21(16-5-3-2-4-6-16)14-24(28)26(22(20)13-19)15-23(27)17-7-9-18(25)10-8-17/h2-14,23,27H,15H2,1H3/t23-/m0/s1. The van der Waals surface area contributed by atoms with Crippen LogP contribution in [0.5, 0.6) is 5.75 Å². The van der Waals surface area contributed by atoms with E-state index in [1.165, 1.54) is 28.8 Å². The monoisotopic (exact) mass is 389 g/mol. The minimum Gasteiger partial charge on any atom is -0.497 e. The van der Waals surface area contributed by atoms with Crippen LogP contribution in [-0.2, 0) is 6.54 Å². The van der Waals surface area contributed by atoms with Crippen LogP contribution in [0.2, 0.25) is 0 Å². The molecule has 0 aliphatic rings. The van der Waals surface area contributed by atoms with Crippen molar-refractivity contribution in [1.29, 1.82) is 0 Å². The molecule has 1 aromatic heterocycles. The van der Waals surface area contributed by atoms with E-state index in [1.54, 1.807) is 19.2 Å². The summed E-state index contributed by atoms with van der Waals surface area (Å²) in [5.74, 6) is 0.243. The Morgan fingerprint density at radius 1 is 1.00 bits per heavy atom. The molecule has 3 aromatic carbocycles. The predicted molar refractivity (Wildman–Crippen MR) is 112 cm³/mol. The van der Waals surface area contributed by atoms with E-state index < -0.39 is 6.10 Å². The van der Waals surface area contributed by atoms with Gasteiger partial charge in [-0.1, -0.05) is 42.5 Å². The summed E-state index contributed by atoms with van der Waals surface area (Å²) in [5, 5.41) is 11.5. The van der Waals surface area contributed by atoms with Gasteiger partial charge in [-0.05, 0) is 41.0 Å². The normalized spacial score (nSPS) is 12.1. The average Bonchev–Trinajstić information content (AvgIpc) is 2.76. The number of ether oxygens (including phenoxy) is 1. The Balaban J connectivity index is 1.86. The first kappa shape index (κ1) is 18.9. The molecule has 5 heteroatoms. The molecule has 0 unspecified atom stereocenters. The maximum Gasteiger partial charge on any atom is 0.251 e. The van der Waals surface area contributed by atoms with Crippen molar-refractivity contribution in [3.63, 3.8) is 0 Å². The molecule has 0 aliphatic carbocycles. The highest BCUT2D eigenvalue weighted by Crippen LogP contribution is 2.30. The van der Waals surface area contributed by atoms with E-state index in [1.807, 2.05) is 42.5 Å².